The maximum absolute atomic E-state index is 13.3. The van der Waals surface area contributed by atoms with E-state index in [1.807, 2.05) is 60.4 Å². The molecule has 2 aromatic carbocycles. The zero-order chi connectivity index (χ0) is 19.2. The number of carbonyl (C=O) groups is 1. The van der Waals surface area contributed by atoms with Gasteiger partial charge in [-0.1, -0.05) is 35.9 Å². The van der Waals surface area contributed by atoms with Gasteiger partial charge < -0.3 is 9.64 Å². The summed E-state index contributed by atoms with van der Waals surface area (Å²) < 4.78 is 5.24. The van der Waals surface area contributed by atoms with Gasteiger partial charge >= 0.3 is 0 Å². The number of thiophene rings is 1. The van der Waals surface area contributed by atoms with Crippen LogP contribution in [0.2, 0.25) is 0 Å². The molecule has 1 atom stereocenters. The Labute approximate surface area is 165 Å². The molecule has 0 spiro atoms. The highest BCUT2D eigenvalue weighted by atomic mass is 32.1. The molecule has 1 aromatic heterocycles. The molecule has 0 saturated heterocycles. The molecule has 0 aliphatic heterocycles. The first-order chi connectivity index (χ1) is 13.1. The average molecular weight is 380 g/mol. The lowest BCUT2D eigenvalue weighted by molar-refractivity contribution is 0.0676. The van der Waals surface area contributed by atoms with Crippen LogP contribution in [-0.2, 0) is 13.0 Å². The van der Waals surface area contributed by atoms with E-state index in [1.165, 1.54) is 4.88 Å². The molecule has 0 fully saturated rings. The lowest BCUT2D eigenvalue weighted by Crippen LogP contribution is -2.39. The van der Waals surface area contributed by atoms with E-state index in [4.69, 9.17) is 4.74 Å². The third kappa shape index (κ3) is 4.98. The second-order valence-electron chi connectivity index (χ2n) is 6.78. The third-order valence-corrected chi connectivity index (χ3v) is 5.58. The van der Waals surface area contributed by atoms with Crippen molar-refractivity contribution in [3.05, 3.63) is 87.6 Å². The zero-order valence-corrected chi connectivity index (χ0v) is 16.8. The van der Waals surface area contributed by atoms with Crippen molar-refractivity contribution in [3.8, 4) is 5.75 Å². The molecule has 3 nitrogen and oxygen atoms in total. The van der Waals surface area contributed by atoms with Gasteiger partial charge in [-0.2, -0.15) is 0 Å². The smallest absolute Gasteiger partial charge is 0.254 e. The largest absolute Gasteiger partial charge is 0.497 e. The van der Waals surface area contributed by atoms with E-state index in [9.17, 15) is 4.79 Å². The van der Waals surface area contributed by atoms with Crippen LogP contribution in [0.4, 0.5) is 0 Å². The number of aryl methyl sites for hydroxylation is 1. The molecular formula is C23H25NO2S. The van der Waals surface area contributed by atoms with Gasteiger partial charge in [0.25, 0.3) is 5.91 Å². The van der Waals surface area contributed by atoms with Crippen LogP contribution < -0.4 is 4.74 Å². The van der Waals surface area contributed by atoms with Crippen molar-refractivity contribution in [2.75, 3.05) is 7.11 Å². The average Bonchev–Trinajstić information content (AvgIpc) is 3.19. The van der Waals surface area contributed by atoms with E-state index in [0.717, 1.165) is 28.9 Å². The maximum atomic E-state index is 13.3. The molecule has 0 radical (unpaired) electrons. The van der Waals surface area contributed by atoms with E-state index in [1.54, 1.807) is 18.4 Å². The molecule has 27 heavy (non-hydrogen) atoms. The second kappa shape index (κ2) is 8.87. The van der Waals surface area contributed by atoms with Gasteiger partial charge in [-0.3, -0.25) is 4.79 Å². The van der Waals surface area contributed by atoms with Crippen molar-refractivity contribution in [2.24, 2.45) is 0 Å². The number of hydrogen-bond acceptors (Lipinski definition) is 3. The Kier molecular flexibility index (Phi) is 6.30. The van der Waals surface area contributed by atoms with Gasteiger partial charge in [0.1, 0.15) is 5.75 Å². The van der Waals surface area contributed by atoms with Crippen LogP contribution in [0.5, 0.6) is 5.75 Å². The SMILES string of the molecule is COc1ccc(CN(C(=O)c2ccc(C)cc2)C(C)Cc2cccs2)cc1. The summed E-state index contributed by atoms with van der Waals surface area (Å²) in [4.78, 5) is 16.5. The van der Waals surface area contributed by atoms with Crippen molar-refractivity contribution < 1.29 is 9.53 Å². The van der Waals surface area contributed by atoms with Crippen LogP contribution in [0.15, 0.2) is 66.0 Å². The van der Waals surface area contributed by atoms with Gasteiger partial charge in [0.2, 0.25) is 0 Å². The topological polar surface area (TPSA) is 29.5 Å². The van der Waals surface area contributed by atoms with Crippen molar-refractivity contribution in [3.63, 3.8) is 0 Å². The highest BCUT2D eigenvalue weighted by Crippen LogP contribution is 2.20. The minimum atomic E-state index is 0.0647. The minimum Gasteiger partial charge on any atom is -0.497 e. The monoisotopic (exact) mass is 379 g/mol. The number of hydrogen-bond donors (Lipinski definition) is 0. The van der Waals surface area contributed by atoms with Crippen LogP contribution in [0.25, 0.3) is 0 Å². The van der Waals surface area contributed by atoms with Crippen molar-refractivity contribution in [1.29, 1.82) is 0 Å². The summed E-state index contributed by atoms with van der Waals surface area (Å²) in [5.41, 5.74) is 2.97. The van der Waals surface area contributed by atoms with Crippen LogP contribution in [-0.4, -0.2) is 24.0 Å². The molecule has 0 aliphatic carbocycles. The molecule has 0 N–H and O–H groups in total. The van der Waals surface area contributed by atoms with E-state index >= 15 is 0 Å². The molecule has 140 valence electrons. The third-order valence-electron chi connectivity index (χ3n) is 4.68. The normalized spacial score (nSPS) is 11.8. The number of amides is 1. The van der Waals surface area contributed by atoms with Crippen LogP contribution in [0.3, 0.4) is 0 Å². The minimum absolute atomic E-state index is 0.0647. The second-order valence-corrected chi connectivity index (χ2v) is 7.81. The number of nitrogens with zero attached hydrogens (tertiary/aromatic N) is 1. The predicted molar refractivity (Wildman–Crippen MR) is 112 cm³/mol. The van der Waals surface area contributed by atoms with Crippen molar-refractivity contribution in [2.45, 2.75) is 32.9 Å². The van der Waals surface area contributed by atoms with Crippen LogP contribution in [0.1, 0.15) is 33.3 Å². The van der Waals surface area contributed by atoms with E-state index < -0.39 is 0 Å². The standard InChI is InChI=1S/C23H25NO2S/c1-17-6-10-20(11-7-17)23(25)24(18(2)15-22-5-4-14-27-22)16-19-8-12-21(26-3)13-9-19/h4-14,18H,15-16H2,1-3H3. The van der Waals surface area contributed by atoms with Crippen molar-refractivity contribution in [1.82, 2.24) is 4.90 Å². The number of benzene rings is 2. The summed E-state index contributed by atoms with van der Waals surface area (Å²) in [6.45, 7) is 4.72. The quantitative estimate of drug-likeness (QED) is 0.555. The number of carbonyl (C=O) groups excluding carboxylic acids is 1. The predicted octanol–water partition coefficient (Wildman–Crippen LogP) is 5.34. The summed E-state index contributed by atoms with van der Waals surface area (Å²) in [7, 11) is 1.66. The fraction of sp³-hybridized carbons (Fsp3) is 0.261. The Balaban J connectivity index is 1.84. The molecule has 1 unspecified atom stereocenters. The van der Waals surface area contributed by atoms with E-state index in [-0.39, 0.29) is 11.9 Å². The van der Waals surface area contributed by atoms with E-state index in [0.29, 0.717) is 6.54 Å². The molecule has 0 bridgehead atoms. The number of methoxy groups -OCH3 is 1. The van der Waals surface area contributed by atoms with Gasteiger partial charge in [-0.25, -0.2) is 0 Å². The molecule has 1 amide bonds. The molecule has 4 heteroatoms. The highest BCUT2D eigenvalue weighted by molar-refractivity contribution is 7.09. The summed E-state index contributed by atoms with van der Waals surface area (Å²) in [6.07, 6.45) is 0.853. The molecule has 3 aromatic rings. The summed E-state index contributed by atoms with van der Waals surface area (Å²) >= 11 is 1.73. The molecule has 0 saturated carbocycles. The maximum Gasteiger partial charge on any atom is 0.254 e. The summed E-state index contributed by atoms with van der Waals surface area (Å²) in [6, 6.07) is 20.0. The molecular weight excluding hydrogens is 354 g/mol. The summed E-state index contributed by atoms with van der Waals surface area (Å²) in [5.74, 6) is 0.886. The van der Waals surface area contributed by atoms with Gasteiger partial charge in [0, 0.05) is 29.4 Å². The molecule has 3 rings (SSSR count). The highest BCUT2D eigenvalue weighted by Gasteiger charge is 2.22. The Morgan fingerprint density at radius 1 is 1.07 bits per heavy atom. The van der Waals surface area contributed by atoms with Gasteiger partial charge in [-0.05, 0) is 55.1 Å². The number of rotatable bonds is 7. The van der Waals surface area contributed by atoms with Crippen molar-refractivity contribution >= 4 is 17.2 Å². The van der Waals surface area contributed by atoms with Gasteiger partial charge in [0.05, 0.1) is 7.11 Å². The Hall–Kier alpha value is -2.59. The fourth-order valence-electron chi connectivity index (χ4n) is 3.05. The van der Waals surface area contributed by atoms with Gasteiger partial charge in [-0.15, -0.1) is 11.3 Å². The molecule has 1 heterocycles. The Morgan fingerprint density at radius 2 is 1.78 bits per heavy atom. The Morgan fingerprint density at radius 3 is 2.37 bits per heavy atom. The number of ether oxygens (including phenoxy) is 1. The fourth-order valence-corrected chi connectivity index (χ4v) is 3.87. The van der Waals surface area contributed by atoms with Crippen LogP contribution >= 0.6 is 11.3 Å². The first kappa shape index (κ1) is 19.2. The lowest BCUT2D eigenvalue weighted by atomic mass is 10.1. The first-order valence-corrected chi connectivity index (χ1v) is 9.97. The zero-order valence-electron chi connectivity index (χ0n) is 16.0. The Bertz CT molecular complexity index is 854. The van der Waals surface area contributed by atoms with Gasteiger partial charge in [0.15, 0.2) is 0 Å². The lowest BCUT2D eigenvalue weighted by Gasteiger charge is -2.29. The van der Waals surface area contributed by atoms with Crippen LogP contribution in [0, 0.1) is 6.92 Å². The van der Waals surface area contributed by atoms with E-state index in [2.05, 4.69) is 24.4 Å². The molecule has 0 aliphatic rings. The first-order valence-electron chi connectivity index (χ1n) is 9.10. The summed E-state index contributed by atoms with van der Waals surface area (Å²) in [5, 5.41) is 2.08.